The van der Waals surface area contributed by atoms with E-state index in [0.717, 1.165) is 5.56 Å². The summed E-state index contributed by atoms with van der Waals surface area (Å²) in [5, 5.41) is 5.38. The summed E-state index contributed by atoms with van der Waals surface area (Å²) < 4.78 is 14.5. The number of rotatable bonds is 7. The summed E-state index contributed by atoms with van der Waals surface area (Å²) in [4.78, 5) is 34.8. The number of benzene rings is 2. The zero-order chi connectivity index (χ0) is 20.4. The first-order valence-corrected chi connectivity index (χ1v) is 8.77. The van der Waals surface area contributed by atoms with E-state index in [0.29, 0.717) is 30.2 Å². The average molecular weight is 386 g/mol. The minimum absolute atomic E-state index is 0.226. The highest BCUT2D eigenvalue weighted by Crippen LogP contribution is 2.16. The van der Waals surface area contributed by atoms with Crippen LogP contribution in [0.2, 0.25) is 0 Å². The summed E-state index contributed by atoms with van der Waals surface area (Å²) in [6.07, 6.45) is -0.782. The van der Waals surface area contributed by atoms with Crippen molar-refractivity contribution < 1.29 is 28.6 Å². The van der Waals surface area contributed by atoms with Gasteiger partial charge in [-0.05, 0) is 55.8 Å². The molecular formula is C20H22N2O6. The Labute approximate surface area is 162 Å². The topological polar surface area (TPSA) is 103 Å². The molecule has 2 rings (SSSR count). The molecule has 0 aliphatic heterocycles. The van der Waals surface area contributed by atoms with E-state index in [1.807, 2.05) is 0 Å². The van der Waals surface area contributed by atoms with Gasteiger partial charge in [0.1, 0.15) is 5.75 Å². The number of carbonyl (C=O) groups excluding carboxylic acids is 3. The van der Waals surface area contributed by atoms with Gasteiger partial charge >= 0.3 is 18.2 Å². The third kappa shape index (κ3) is 6.64. The summed E-state index contributed by atoms with van der Waals surface area (Å²) in [7, 11) is 0. The Morgan fingerprint density at radius 1 is 0.857 bits per heavy atom. The number of urea groups is 1. The van der Waals surface area contributed by atoms with E-state index in [1.165, 1.54) is 0 Å². The van der Waals surface area contributed by atoms with Gasteiger partial charge in [-0.25, -0.2) is 14.4 Å². The molecule has 0 atom stereocenters. The number of anilines is 1. The van der Waals surface area contributed by atoms with E-state index < -0.39 is 12.2 Å². The van der Waals surface area contributed by atoms with Crippen LogP contribution in [-0.4, -0.2) is 31.4 Å². The van der Waals surface area contributed by atoms with Gasteiger partial charge in [-0.2, -0.15) is 0 Å². The van der Waals surface area contributed by atoms with Gasteiger partial charge in [0.15, 0.2) is 0 Å². The molecule has 2 amide bonds. The van der Waals surface area contributed by atoms with Crippen molar-refractivity contribution in [2.75, 3.05) is 18.5 Å². The second-order valence-corrected chi connectivity index (χ2v) is 5.53. The van der Waals surface area contributed by atoms with Crippen LogP contribution >= 0.6 is 0 Å². The molecule has 0 spiro atoms. The standard InChI is InChI=1S/C20H22N2O6/c1-3-26-18(23)15-7-5-14(6-8-15)13-21-19(24)22-16-9-11-17(12-10-16)28-20(25)27-4-2/h5-12H,3-4,13H2,1-2H3,(H2,21,22,24). The largest absolute Gasteiger partial charge is 0.513 e. The van der Waals surface area contributed by atoms with Crippen molar-refractivity contribution in [3.05, 3.63) is 59.7 Å². The molecule has 0 unspecified atom stereocenters. The maximum absolute atomic E-state index is 12.0. The lowest BCUT2D eigenvalue weighted by Crippen LogP contribution is -2.28. The van der Waals surface area contributed by atoms with E-state index in [4.69, 9.17) is 9.47 Å². The molecule has 2 aromatic carbocycles. The highest BCUT2D eigenvalue weighted by atomic mass is 16.7. The van der Waals surface area contributed by atoms with E-state index in [2.05, 4.69) is 15.4 Å². The third-order valence-electron chi connectivity index (χ3n) is 3.49. The minimum Gasteiger partial charge on any atom is -0.462 e. The Kier molecular flexibility index (Phi) is 7.83. The van der Waals surface area contributed by atoms with Gasteiger partial charge in [0.05, 0.1) is 18.8 Å². The summed E-state index contributed by atoms with van der Waals surface area (Å²) in [5.41, 5.74) is 1.83. The van der Waals surface area contributed by atoms with Gasteiger partial charge in [-0.15, -0.1) is 0 Å². The number of carbonyl (C=O) groups is 3. The molecule has 0 heterocycles. The minimum atomic E-state index is -0.782. The van der Waals surface area contributed by atoms with E-state index >= 15 is 0 Å². The van der Waals surface area contributed by atoms with Crippen LogP contribution in [0.1, 0.15) is 29.8 Å². The molecule has 0 aliphatic carbocycles. The van der Waals surface area contributed by atoms with Crippen LogP contribution in [0.15, 0.2) is 48.5 Å². The van der Waals surface area contributed by atoms with Crippen molar-refractivity contribution in [1.82, 2.24) is 5.32 Å². The molecule has 28 heavy (non-hydrogen) atoms. The highest BCUT2D eigenvalue weighted by Gasteiger charge is 2.08. The molecular weight excluding hydrogens is 364 g/mol. The molecule has 2 aromatic rings. The smallest absolute Gasteiger partial charge is 0.462 e. The van der Waals surface area contributed by atoms with Crippen molar-refractivity contribution in [1.29, 1.82) is 0 Å². The zero-order valence-electron chi connectivity index (χ0n) is 15.7. The van der Waals surface area contributed by atoms with E-state index in [-0.39, 0.29) is 12.6 Å². The molecule has 0 radical (unpaired) electrons. The maximum Gasteiger partial charge on any atom is 0.513 e. The predicted molar refractivity (Wildman–Crippen MR) is 102 cm³/mol. The van der Waals surface area contributed by atoms with Crippen LogP contribution in [0, 0.1) is 0 Å². The maximum atomic E-state index is 12.0. The summed E-state index contributed by atoms with van der Waals surface area (Å²) in [6.45, 7) is 4.26. The lowest BCUT2D eigenvalue weighted by atomic mass is 10.1. The van der Waals surface area contributed by atoms with Crippen LogP contribution in [-0.2, 0) is 16.0 Å². The molecule has 0 aliphatic rings. The van der Waals surface area contributed by atoms with E-state index in [1.54, 1.807) is 62.4 Å². The Balaban J connectivity index is 1.80. The SMILES string of the molecule is CCOC(=O)Oc1ccc(NC(=O)NCc2ccc(C(=O)OCC)cc2)cc1. The Morgan fingerprint density at radius 2 is 1.50 bits per heavy atom. The molecule has 8 heteroatoms. The van der Waals surface area contributed by atoms with E-state index in [9.17, 15) is 14.4 Å². The first kappa shape index (κ1) is 20.8. The van der Waals surface area contributed by atoms with Crippen molar-refractivity contribution in [2.45, 2.75) is 20.4 Å². The Bertz CT molecular complexity index is 802. The van der Waals surface area contributed by atoms with Crippen LogP contribution in [0.5, 0.6) is 5.75 Å². The Morgan fingerprint density at radius 3 is 2.11 bits per heavy atom. The zero-order valence-corrected chi connectivity index (χ0v) is 15.7. The summed E-state index contributed by atoms with van der Waals surface area (Å²) in [6, 6.07) is 12.7. The van der Waals surface area contributed by atoms with Gasteiger partial charge in [-0.1, -0.05) is 12.1 Å². The lowest BCUT2D eigenvalue weighted by molar-refractivity contribution is 0.0526. The van der Waals surface area contributed by atoms with Gasteiger partial charge in [0.2, 0.25) is 0 Å². The van der Waals surface area contributed by atoms with Crippen LogP contribution < -0.4 is 15.4 Å². The fourth-order valence-corrected chi connectivity index (χ4v) is 2.18. The van der Waals surface area contributed by atoms with Crippen LogP contribution in [0.25, 0.3) is 0 Å². The summed E-state index contributed by atoms with van der Waals surface area (Å²) >= 11 is 0. The van der Waals surface area contributed by atoms with Gasteiger partial charge in [0, 0.05) is 12.2 Å². The highest BCUT2D eigenvalue weighted by molar-refractivity contribution is 5.90. The normalized spacial score (nSPS) is 9.93. The number of esters is 1. The lowest BCUT2D eigenvalue weighted by Gasteiger charge is -2.09. The number of amides is 2. The Hall–Kier alpha value is -3.55. The van der Waals surface area contributed by atoms with Gasteiger partial charge in [-0.3, -0.25) is 0 Å². The molecule has 0 aromatic heterocycles. The van der Waals surface area contributed by atoms with Gasteiger partial charge in [0.25, 0.3) is 0 Å². The number of ether oxygens (including phenoxy) is 3. The van der Waals surface area contributed by atoms with Crippen molar-refractivity contribution in [2.24, 2.45) is 0 Å². The van der Waals surface area contributed by atoms with Crippen molar-refractivity contribution in [3.63, 3.8) is 0 Å². The molecule has 0 saturated carbocycles. The first-order valence-electron chi connectivity index (χ1n) is 8.77. The molecule has 0 saturated heterocycles. The van der Waals surface area contributed by atoms with Crippen LogP contribution in [0.4, 0.5) is 15.3 Å². The number of hydrogen-bond acceptors (Lipinski definition) is 6. The average Bonchev–Trinajstić information content (AvgIpc) is 2.69. The number of nitrogens with one attached hydrogen (secondary N) is 2. The molecule has 148 valence electrons. The molecule has 2 N–H and O–H groups in total. The monoisotopic (exact) mass is 386 g/mol. The summed E-state index contributed by atoms with van der Waals surface area (Å²) in [5.74, 6) is -0.0683. The second-order valence-electron chi connectivity index (χ2n) is 5.53. The third-order valence-corrected chi connectivity index (χ3v) is 3.49. The first-order chi connectivity index (χ1) is 13.5. The molecule has 0 fully saturated rings. The predicted octanol–water partition coefficient (Wildman–Crippen LogP) is 3.72. The van der Waals surface area contributed by atoms with Crippen LogP contribution in [0.3, 0.4) is 0 Å². The van der Waals surface area contributed by atoms with Gasteiger partial charge < -0.3 is 24.8 Å². The molecule has 0 bridgehead atoms. The fourth-order valence-electron chi connectivity index (χ4n) is 2.18. The quantitative estimate of drug-likeness (QED) is 0.555. The number of hydrogen-bond donors (Lipinski definition) is 2. The second kappa shape index (κ2) is 10.6. The van der Waals surface area contributed by atoms with Crippen molar-refractivity contribution >= 4 is 23.8 Å². The molecule has 8 nitrogen and oxygen atoms in total. The van der Waals surface area contributed by atoms with Crippen molar-refractivity contribution in [3.8, 4) is 5.75 Å². The fraction of sp³-hybridized carbons (Fsp3) is 0.250.